The van der Waals surface area contributed by atoms with Crippen molar-refractivity contribution >= 4 is 28.7 Å². The number of halogens is 2. The molecule has 3 aromatic carbocycles. The molecule has 3 aliphatic rings. The summed E-state index contributed by atoms with van der Waals surface area (Å²) in [6, 6.07) is 27.4. The van der Waals surface area contributed by atoms with Crippen LogP contribution in [0.2, 0.25) is 0 Å². The molecule has 4 aromatic rings. The second kappa shape index (κ2) is 15.8. The molecule has 7 rings (SSSR count). The molecule has 1 aromatic heterocycles. The number of nitrogens with zero attached hydrogens (tertiary/aromatic N) is 8. The van der Waals surface area contributed by atoms with Gasteiger partial charge in [-0.3, -0.25) is 8.78 Å². The van der Waals surface area contributed by atoms with E-state index in [-0.39, 0.29) is 25.8 Å². The Labute approximate surface area is 302 Å². The second-order valence-electron chi connectivity index (χ2n) is 11.7. The van der Waals surface area contributed by atoms with Gasteiger partial charge in [-0.25, -0.2) is 9.97 Å². The van der Waals surface area contributed by atoms with Crippen LogP contribution in [0.25, 0.3) is 0 Å². The van der Waals surface area contributed by atoms with Gasteiger partial charge in [-0.05, 0) is 72.1 Å². The van der Waals surface area contributed by atoms with Crippen LogP contribution in [0.3, 0.4) is 0 Å². The Morgan fingerprint density at radius 2 is 1.20 bits per heavy atom. The molecule has 49 heavy (non-hydrogen) atoms. The SMILES string of the molecule is CC1=C(C)N(c2[c-]cccc2)[CH-]N1CCCCN1[CH-]N(c2[c-]cccc2)C(C)=C1C.CN1[CH-]N(c2[c-]cc(F)cc2F)c2nccnc21.[Ir]. The van der Waals surface area contributed by atoms with E-state index in [0.29, 0.717) is 11.6 Å². The molecule has 0 N–H and O–H groups in total. The monoisotopic (exact) mass is 837 g/mol. The van der Waals surface area contributed by atoms with E-state index in [1.165, 1.54) is 33.9 Å². The molecule has 11 heteroatoms. The summed E-state index contributed by atoms with van der Waals surface area (Å²) in [5, 5.41) is 0. The van der Waals surface area contributed by atoms with Crippen LogP contribution in [0.5, 0.6) is 0 Å². The molecule has 0 unspecified atom stereocenters. The van der Waals surface area contributed by atoms with Crippen molar-refractivity contribution in [1.82, 2.24) is 19.8 Å². The van der Waals surface area contributed by atoms with Crippen LogP contribution in [0.15, 0.2) is 95.8 Å². The van der Waals surface area contributed by atoms with Crippen LogP contribution in [-0.2, 0) is 20.1 Å². The number of unbranched alkanes of at least 4 members (excludes halogenated alkanes) is 1. The Bertz CT molecular complexity index is 1710. The van der Waals surface area contributed by atoms with Gasteiger partial charge in [0, 0.05) is 55.5 Å². The first-order valence-corrected chi connectivity index (χ1v) is 15.9. The molecule has 0 bridgehead atoms. The summed E-state index contributed by atoms with van der Waals surface area (Å²) in [6.45, 7) is 16.9. The van der Waals surface area contributed by atoms with Gasteiger partial charge in [0.15, 0.2) is 0 Å². The zero-order valence-electron chi connectivity index (χ0n) is 28.2. The summed E-state index contributed by atoms with van der Waals surface area (Å²) in [5.74, 6) is -0.266. The molecule has 4 heterocycles. The van der Waals surface area contributed by atoms with Crippen LogP contribution in [0.1, 0.15) is 40.5 Å². The van der Waals surface area contributed by atoms with E-state index in [9.17, 15) is 8.78 Å². The van der Waals surface area contributed by atoms with Crippen molar-refractivity contribution in [2.75, 3.05) is 39.7 Å². The number of fused-ring (bicyclic) bond motifs is 1. The van der Waals surface area contributed by atoms with Crippen LogP contribution < -0.4 is 19.6 Å². The van der Waals surface area contributed by atoms with E-state index in [0.717, 1.165) is 49.4 Å². The van der Waals surface area contributed by atoms with Crippen molar-refractivity contribution in [2.45, 2.75) is 40.5 Å². The van der Waals surface area contributed by atoms with Crippen LogP contribution in [0, 0.1) is 49.8 Å². The van der Waals surface area contributed by atoms with Crippen LogP contribution in [-0.4, -0.2) is 39.9 Å². The van der Waals surface area contributed by atoms with E-state index >= 15 is 0 Å². The van der Waals surface area contributed by atoms with Crippen molar-refractivity contribution < 1.29 is 28.9 Å². The molecular weight excluding hydrogens is 799 g/mol. The molecule has 0 atom stereocenters. The van der Waals surface area contributed by atoms with Crippen LogP contribution >= 0.6 is 0 Å². The van der Waals surface area contributed by atoms with Crippen molar-refractivity contribution in [1.29, 1.82) is 0 Å². The molecule has 0 amide bonds. The maximum atomic E-state index is 13.7. The van der Waals surface area contributed by atoms with Gasteiger partial charge in [-0.1, -0.05) is 5.69 Å². The van der Waals surface area contributed by atoms with Gasteiger partial charge in [-0.2, -0.15) is 80.1 Å². The maximum Gasteiger partial charge on any atom is 0.144 e. The minimum atomic E-state index is -0.696. The number of para-hydroxylation sites is 2. The smallest absolute Gasteiger partial charge is 0.144 e. The molecule has 0 fully saturated rings. The first-order valence-electron chi connectivity index (χ1n) is 15.9. The third-order valence-electron chi connectivity index (χ3n) is 8.68. The minimum Gasteiger partial charge on any atom is -0.505 e. The average Bonchev–Trinajstić information content (AvgIpc) is 3.70. The number of hydrogen-bond donors (Lipinski definition) is 0. The molecule has 0 aliphatic carbocycles. The standard InChI is InChI=1S/C26H30N4.C12H8F2N4.Ir/c1-21-23(3)29(25-13-7-5-8-14-25)19-27(21)17-11-12-18-28-20-30(24(4)22(28)2)26-15-9-6-10-16-26;1-17-7-18(12-11(17)15-4-5-16-12)10-3-2-8(13)6-9(10)14;/h5-10,13,15,19-20H,11-12,17-18H2,1-4H3;2,4-7H,1H3;/q-4;-2;. The Balaban J connectivity index is 0.000000210. The molecule has 1 radical (unpaired) electrons. The third-order valence-corrected chi connectivity index (χ3v) is 8.68. The second-order valence-corrected chi connectivity index (χ2v) is 11.7. The predicted octanol–water partition coefficient (Wildman–Crippen LogP) is 8.01. The Morgan fingerprint density at radius 3 is 1.69 bits per heavy atom. The fourth-order valence-electron chi connectivity index (χ4n) is 5.77. The van der Waals surface area contributed by atoms with Crippen molar-refractivity contribution in [2.24, 2.45) is 0 Å². The number of hydrogen-bond acceptors (Lipinski definition) is 8. The average molecular weight is 837 g/mol. The Morgan fingerprint density at radius 1 is 0.673 bits per heavy atom. The van der Waals surface area contributed by atoms with E-state index in [4.69, 9.17) is 0 Å². The van der Waals surface area contributed by atoms with Gasteiger partial charge in [0.05, 0.1) is 0 Å². The van der Waals surface area contributed by atoms with Crippen LogP contribution in [0.4, 0.5) is 37.5 Å². The summed E-state index contributed by atoms with van der Waals surface area (Å²) in [5.41, 5.74) is 7.48. The molecule has 0 saturated heterocycles. The Hall–Kier alpha value is -4.47. The van der Waals surface area contributed by atoms with Crippen molar-refractivity contribution in [3.8, 4) is 0 Å². The third kappa shape index (κ3) is 7.73. The fourth-order valence-corrected chi connectivity index (χ4v) is 5.77. The van der Waals surface area contributed by atoms with Gasteiger partial charge in [0.25, 0.3) is 0 Å². The maximum absolute atomic E-state index is 13.7. The van der Waals surface area contributed by atoms with Gasteiger partial charge < -0.3 is 29.4 Å². The predicted molar refractivity (Wildman–Crippen MR) is 186 cm³/mol. The summed E-state index contributed by atoms with van der Waals surface area (Å²) in [4.78, 5) is 20.7. The van der Waals surface area contributed by atoms with E-state index in [1.54, 1.807) is 24.8 Å². The molecule has 0 spiro atoms. The van der Waals surface area contributed by atoms with E-state index in [1.807, 2.05) is 24.3 Å². The molecule has 8 nitrogen and oxygen atoms in total. The quantitative estimate of drug-likeness (QED) is 0.131. The topological polar surface area (TPSA) is 45.2 Å². The van der Waals surface area contributed by atoms with E-state index < -0.39 is 11.6 Å². The fraction of sp³-hybridized carbons (Fsp3) is 0.237. The number of rotatable bonds is 8. The summed E-state index contributed by atoms with van der Waals surface area (Å²) >= 11 is 0. The van der Waals surface area contributed by atoms with Gasteiger partial charge >= 0.3 is 0 Å². The normalized spacial score (nSPS) is 15.6. The van der Waals surface area contributed by atoms with Crippen molar-refractivity contribution in [3.63, 3.8) is 0 Å². The van der Waals surface area contributed by atoms with Gasteiger partial charge in [0.2, 0.25) is 0 Å². The molecular formula is C38H38F2IrN8-6. The number of allylic oxidation sites excluding steroid dienone is 4. The largest absolute Gasteiger partial charge is 0.505 e. The Kier molecular flexibility index (Phi) is 11.6. The molecule has 0 saturated carbocycles. The van der Waals surface area contributed by atoms with Gasteiger partial charge in [-0.15, -0.1) is 30.2 Å². The summed E-state index contributed by atoms with van der Waals surface area (Å²) in [6.07, 6.45) is 5.35. The zero-order valence-corrected chi connectivity index (χ0v) is 30.6. The van der Waals surface area contributed by atoms with E-state index in [2.05, 4.69) is 113 Å². The van der Waals surface area contributed by atoms with Gasteiger partial charge in [0.1, 0.15) is 11.6 Å². The number of anilines is 5. The first-order chi connectivity index (χ1) is 23.2. The van der Waals surface area contributed by atoms with Crippen molar-refractivity contribution in [3.05, 3.63) is 146 Å². The summed E-state index contributed by atoms with van der Waals surface area (Å²) in [7, 11) is 1.77. The first kappa shape index (κ1) is 35.8. The number of aromatic nitrogens is 2. The minimum absolute atomic E-state index is 0. The number of benzene rings is 3. The zero-order chi connectivity index (χ0) is 33.8. The molecule has 3 aliphatic heterocycles. The molecule has 259 valence electrons. The summed E-state index contributed by atoms with van der Waals surface area (Å²) < 4.78 is 26.6.